The zero-order chi connectivity index (χ0) is 11.3. The van der Waals surface area contributed by atoms with Crippen molar-refractivity contribution in [1.29, 1.82) is 0 Å². The summed E-state index contributed by atoms with van der Waals surface area (Å²) in [7, 11) is 0. The molecule has 1 heterocycles. The SMILES string of the molecule is Nc1cc(Cl)cnc1OCCNC(=O)O. The van der Waals surface area contributed by atoms with Crippen molar-refractivity contribution in [3.63, 3.8) is 0 Å². The number of pyridine rings is 1. The predicted octanol–water partition coefficient (Wildman–Crippen LogP) is 0.964. The first-order valence-corrected chi connectivity index (χ1v) is 4.48. The summed E-state index contributed by atoms with van der Waals surface area (Å²) in [4.78, 5) is 13.9. The van der Waals surface area contributed by atoms with Crippen LogP contribution >= 0.6 is 11.6 Å². The molecule has 1 amide bonds. The van der Waals surface area contributed by atoms with Crippen LogP contribution in [0.5, 0.6) is 5.88 Å². The second-order valence-electron chi connectivity index (χ2n) is 2.63. The lowest BCUT2D eigenvalue weighted by molar-refractivity contribution is 0.191. The zero-order valence-corrected chi connectivity index (χ0v) is 8.49. The van der Waals surface area contributed by atoms with Crippen molar-refractivity contribution in [2.24, 2.45) is 0 Å². The van der Waals surface area contributed by atoms with Gasteiger partial charge >= 0.3 is 6.09 Å². The second-order valence-corrected chi connectivity index (χ2v) is 3.06. The fraction of sp³-hybridized carbons (Fsp3) is 0.250. The van der Waals surface area contributed by atoms with Gasteiger partial charge in [0.25, 0.3) is 0 Å². The van der Waals surface area contributed by atoms with Gasteiger partial charge in [-0.2, -0.15) is 0 Å². The summed E-state index contributed by atoms with van der Waals surface area (Å²) in [5.41, 5.74) is 5.87. The first kappa shape index (κ1) is 11.4. The van der Waals surface area contributed by atoms with E-state index in [2.05, 4.69) is 10.3 Å². The van der Waals surface area contributed by atoms with E-state index in [1.54, 1.807) is 0 Å². The minimum atomic E-state index is -1.10. The maximum atomic E-state index is 10.1. The lowest BCUT2D eigenvalue weighted by Gasteiger charge is -2.07. The van der Waals surface area contributed by atoms with Gasteiger partial charge in [0, 0.05) is 6.20 Å². The minimum absolute atomic E-state index is 0.158. The number of nitrogen functional groups attached to an aromatic ring is 1. The molecule has 1 aromatic rings. The Kier molecular flexibility index (Phi) is 3.99. The third-order valence-electron chi connectivity index (χ3n) is 1.46. The molecule has 0 aliphatic rings. The molecule has 0 atom stereocenters. The number of amides is 1. The molecule has 0 saturated heterocycles. The molecule has 0 saturated carbocycles. The Morgan fingerprint density at radius 2 is 2.47 bits per heavy atom. The molecule has 0 bridgehead atoms. The van der Waals surface area contributed by atoms with E-state index in [1.165, 1.54) is 12.3 Å². The summed E-state index contributed by atoms with van der Waals surface area (Å²) in [5.74, 6) is 0.242. The molecule has 0 aliphatic heterocycles. The van der Waals surface area contributed by atoms with Crippen molar-refractivity contribution in [2.45, 2.75) is 0 Å². The molecule has 15 heavy (non-hydrogen) atoms. The average Bonchev–Trinajstić information content (AvgIpc) is 2.14. The standard InChI is InChI=1S/C8H10ClN3O3/c9-5-3-6(10)7(12-4-5)15-2-1-11-8(13)14/h3-4,11H,1-2,10H2,(H,13,14). The fourth-order valence-corrected chi connectivity index (χ4v) is 1.04. The molecule has 1 rings (SSSR count). The van der Waals surface area contributed by atoms with E-state index >= 15 is 0 Å². The highest BCUT2D eigenvalue weighted by Crippen LogP contribution is 2.21. The van der Waals surface area contributed by atoms with E-state index in [9.17, 15) is 4.79 Å². The summed E-state index contributed by atoms with van der Waals surface area (Å²) in [6.45, 7) is 0.324. The van der Waals surface area contributed by atoms with Gasteiger partial charge in [0.15, 0.2) is 0 Å². The van der Waals surface area contributed by atoms with Gasteiger partial charge in [-0.25, -0.2) is 9.78 Å². The van der Waals surface area contributed by atoms with E-state index in [4.69, 9.17) is 27.2 Å². The third-order valence-corrected chi connectivity index (χ3v) is 1.67. The van der Waals surface area contributed by atoms with Crippen molar-refractivity contribution in [2.75, 3.05) is 18.9 Å². The van der Waals surface area contributed by atoms with Gasteiger partial charge in [-0.3, -0.25) is 0 Å². The number of nitrogens with one attached hydrogen (secondary N) is 1. The van der Waals surface area contributed by atoms with Crippen LogP contribution in [0.15, 0.2) is 12.3 Å². The van der Waals surface area contributed by atoms with Crippen molar-refractivity contribution < 1.29 is 14.6 Å². The number of hydrogen-bond donors (Lipinski definition) is 3. The highest BCUT2D eigenvalue weighted by Gasteiger charge is 2.02. The Bertz CT molecular complexity index is 359. The average molecular weight is 232 g/mol. The highest BCUT2D eigenvalue weighted by atomic mass is 35.5. The summed E-state index contributed by atoms with van der Waals surface area (Å²) in [5, 5.41) is 10.8. The number of halogens is 1. The molecule has 0 fully saturated rings. The number of carboxylic acid groups (broad SMARTS) is 1. The van der Waals surface area contributed by atoms with Crippen molar-refractivity contribution in [3.05, 3.63) is 17.3 Å². The van der Waals surface area contributed by atoms with E-state index in [-0.39, 0.29) is 19.0 Å². The van der Waals surface area contributed by atoms with Gasteiger partial charge in [-0.1, -0.05) is 11.6 Å². The maximum absolute atomic E-state index is 10.1. The molecule has 82 valence electrons. The monoisotopic (exact) mass is 231 g/mol. The van der Waals surface area contributed by atoms with Gasteiger partial charge < -0.3 is 20.9 Å². The molecule has 0 spiro atoms. The number of rotatable bonds is 4. The van der Waals surface area contributed by atoms with Crippen LogP contribution in [0.25, 0.3) is 0 Å². The minimum Gasteiger partial charge on any atom is -0.474 e. The zero-order valence-electron chi connectivity index (χ0n) is 7.74. The van der Waals surface area contributed by atoms with E-state index < -0.39 is 6.09 Å². The molecule has 0 aromatic carbocycles. The molecule has 1 aromatic heterocycles. The number of hydrogen-bond acceptors (Lipinski definition) is 4. The molecule has 6 nitrogen and oxygen atoms in total. The Labute approximate surface area is 91.0 Å². The van der Waals surface area contributed by atoms with E-state index in [1.807, 2.05) is 0 Å². The van der Waals surface area contributed by atoms with Crippen LogP contribution in [0, 0.1) is 0 Å². The largest absolute Gasteiger partial charge is 0.474 e. The van der Waals surface area contributed by atoms with Crippen molar-refractivity contribution >= 4 is 23.4 Å². The van der Waals surface area contributed by atoms with Crippen molar-refractivity contribution in [3.8, 4) is 5.88 Å². The molecular weight excluding hydrogens is 222 g/mol. The van der Waals surface area contributed by atoms with Gasteiger partial charge in [-0.05, 0) is 6.07 Å². The fourth-order valence-electron chi connectivity index (χ4n) is 0.869. The molecule has 0 aliphatic carbocycles. The lowest BCUT2D eigenvalue weighted by Crippen LogP contribution is -2.26. The summed E-state index contributed by atoms with van der Waals surface area (Å²) in [6, 6.07) is 1.51. The van der Waals surface area contributed by atoms with Crippen LogP contribution in [0.4, 0.5) is 10.5 Å². The molecule has 0 unspecified atom stereocenters. The second kappa shape index (κ2) is 5.26. The highest BCUT2D eigenvalue weighted by molar-refractivity contribution is 6.30. The lowest BCUT2D eigenvalue weighted by atomic mass is 10.4. The van der Waals surface area contributed by atoms with E-state index in [0.717, 1.165) is 0 Å². The first-order chi connectivity index (χ1) is 7.09. The molecule has 0 radical (unpaired) electrons. The van der Waals surface area contributed by atoms with Crippen LogP contribution in [0.3, 0.4) is 0 Å². The number of carbonyl (C=O) groups is 1. The Morgan fingerprint density at radius 1 is 1.73 bits per heavy atom. The molecule has 4 N–H and O–H groups in total. The van der Waals surface area contributed by atoms with Gasteiger partial charge in [0.05, 0.1) is 17.3 Å². The predicted molar refractivity (Wildman–Crippen MR) is 55.2 cm³/mol. The first-order valence-electron chi connectivity index (χ1n) is 4.10. The van der Waals surface area contributed by atoms with Crippen LogP contribution < -0.4 is 15.8 Å². The maximum Gasteiger partial charge on any atom is 0.404 e. The van der Waals surface area contributed by atoms with Gasteiger partial charge in [0.1, 0.15) is 6.61 Å². The van der Waals surface area contributed by atoms with Crippen LogP contribution in [0.1, 0.15) is 0 Å². The number of nitrogens with zero attached hydrogens (tertiary/aromatic N) is 1. The topological polar surface area (TPSA) is 97.5 Å². The van der Waals surface area contributed by atoms with Gasteiger partial charge in [-0.15, -0.1) is 0 Å². The normalized spacial score (nSPS) is 9.67. The summed E-state index contributed by atoms with van der Waals surface area (Å²) < 4.78 is 5.12. The van der Waals surface area contributed by atoms with Crippen LogP contribution in [-0.4, -0.2) is 29.3 Å². The van der Waals surface area contributed by atoms with E-state index in [0.29, 0.717) is 10.7 Å². The summed E-state index contributed by atoms with van der Waals surface area (Å²) >= 11 is 5.63. The van der Waals surface area contributed by atoms with Crippen LogP contribution in [-0.2, 0) is 0 Å². The number of ether oxygens (including phenoxy) is 1. The Balaban J connectivity index is 2.40. The number of anilines is 1. The molecular formula is C8H10ClN3O3. The van der Waals surface area contributed by atoms with Crippen LogP contribution in [0.2, 0.25) is 5.02 Å². The molecule has 7 heteroatoms. The van der Waals surface area contributed by atoms with Gasteiger partial charge in [0.2, 0.25) is 5.88 Å². The van der Waals surface area contributed by atoms with Crippen molar-refractivity contribution in [1.82, 2.24) is 10.3 Å². The quantitative estimate of drug-likeness (QED) is 0.671. The Hall–Kier alpha value is -1.69. The number of aromatic nitrogens is 1. The summed E-state index contributed by atoms with van der Waals surface area (Å²) in [6.07, 6.45) is 0.299. The Morgan fingerprint density at radius 3 is 3.07 bits per heavy atom. The number of nitrogens with two attached hydrogens (primary N) is 1. The third kappa shape index (κ3) is 3.90. The smallest absolute Gasteiger partial charge is 0.404 e.